The number of hydrogen-bond acceptors (Lipinski definition) is 6. The fourth-order valence-electron chi connectivity index (χ4n) is 2.20. The van der Waals surface area contributed by atoms with Gasteiger partial charge in [0, 0.05) is 5.56 Å². The Morgan fingerprint density at radius 2 is 1.77 bits per heavy atom. The third-order valence-electron chi connectivity index (χ3n) is 3.63. The quantitative estimate of drug-likeness (QED) is 0.277. The van der Waals surface area contributed by atoms with Gasteiger partial charge in [0.15, 0.2) is 4.34 Å². The fraction of sp³-hybridized carbons (Fsp3) is 0.111. The van der Waals surface area contributed by atoms with E-state index < -0.39 is 29.4 Å². The van der Waals surface area contributed by atoms with E-state index in [2.05, 4.69) is 20.8 Å². The highest BCUT2D eigenvalue weighted by atomic mass is 35.5. The lowest BCUT2D eigenvalue weighted by Crippen LogP contribution is -2.15. The molecule has 0 aliphatic rings. The molecular weight excluding hydrogens is 480 g/mol. The van der Waals surface area contributed by atoms with Gasteiger partial charge in [-0.1, -0.05) is 34.7 Å². The predicted octanol–water partition coefficient (Wildman–Crippen LogP) is 5.33. The van der Waals surface area contributed by atoms with Gasteiger partial charge in [-0.15, -0.1) is 10.2 Å². The number of thioether (sulfide) groups is 1. The summed E-state index contributed by atoms with van der Waals surface area (Å²) in [6.45, 7) is 0. The Hall–Kier alpha value is -2.70. The van der Waals surface area contributed by atoms with Crippen molar-refractivity contribution in [1.29, 1.82) is 0 Å². The molecule has 0 saturated heterocycles. The first-order chi connectivity index (χ1) is 14.6. The minimum atomic E-state index is -4.57. The van der Waals surface area contributed by atoms with Crippen LogP contribution in [0.15, 0.2) is 46.8 Å². The van der Waals surface area contributed by atoms with Crippen LogP contribution >= 0.6 is 34.7 Å². The molecule has 0 aliphatic carbocycles. The SMILES string of the molecule is O=C(CSc1nnc(NC(=O)c2ccc(F)cc2)s1)Nc1cc(C(F)(F)F)ccc1Cl. The van der Waals surface area contributed by atoms with Gasteiger partial charge in [-0.3, -0.25) is 14.9 Å². The molecule has 0 radical (unpaired) electrons. The first-order valence-corrected chi connectivity index (χ1v) is 10.5. The fourth-order valence-corrected chi connectivity index (χ4v) is 3.91. The van der Waals surface area contributed by atoms with Gasteiger partial charge in [0.25, 0.3) is 5.91 Å². The maximum Gasteiger partial charge on any atom is 0.416 e. The monoisotopic (exact) mass is 490 g/mol. The Morgan fingerprint density at radius 1 is 1.06 bits per heavy atom. The first kappa shape index (κ1) is 23.0. The molecule has 0 atom stereocenters. The number of halogens is 5. The van der Waals surface area contributed by atoms with Crippen LogP contribution in [0.5, 0.6) is 0 Å². The molecule has 3 rings (SSSR count). The van der Waals surface area contributed by atoms with Crippen molar-refractivity contribution < 1.29 is 27.2 Å². The van der Waals surface area contributed by atoms with Crippen molar-refractivity contribution in [1.82, 2.24) is 10.2 Å². The van der Waals surface area contributed by atoms with E-state index in [1.165, 1.54) is 12.1 Å². The van der Waals surface area contributed by atoms with Gasteiger partial charge in [-0.25, -0.2) is 4.39 Å². The van der Waals surface area contributed by atoms with Crippen LogP contribution in [-0.2, 0) is 11.0 Å². The normalized spacial score (nSPS) is 11.3. The molecule has 31 heavy (non-hydrogen) atoms. The molecule has 2 amide bonds. The summed E-state index contributed by atoms with van der Waals surface area (Å²) in [5, 5.41) is 12.6. The number of nitrogens with zero attached hydrogens (tertiary/aromatic N) is 2. The lowest BCUT2D eigenvalue weighted by Gasteiger charge is -2.11. The van der Waals surface area contributed by atoms with Gasteiger partial charge >= 0.3 is 6.18 Å². The van der Waals surface area contributed by atoms with Crippen molar-refractivity contribution in [3.8, 4) is 0 Å². The minimum Gasteiger partial charge on any atom is -0.324 e. The summed E-state index contributed by atoms with van der Waals surface area (Å²) in [4.78, 5) is 24.2. The average molecular weight is 491 g/mol. The maximum absolute atomic E-state index is 12.9. The molecule has 3 aromatic rings. The number of carbonyl (C=O) groups excluding carboxylic acids is 2. The topological polar surface area (TPSA) is 84.0 Å². The Balaban J connectivity index is 1.55. The second-order valence-corrected chi connectivity index (χ2v) is 8.47. The Kier molecular flexibility index (Phi) is 7.13. The highest BCUT2D eigenvalue weighted by molar-refractivity contribution is 8.01. The zero-order chi connectivity index (χ0) is 22.6. The number of benzene rings is 2. The lowest BCUT2D eigenvalue weighted by molar-refractivity contribution is -0.137. The zero-order valence-corrected chi connectivity index (χ0v) is 17.6. The summed E-state index contributed by atoms with van der Waals surface area (Å²) in [7, 11) is 0. The van der Waals surface area contributed by atoms with Crippen LogP contribution in [0.1, 0.15) is 15.9 Å². The second-order valence-electron chi connectivity index (χ2n) is 5.86. The zero-order valence-electron chi connectivity index (χ0n) is 15.2. The van der Waals surface area contributed by atoms with E-state index in [0.29, 0.717) is 4.34 Å². The van der Waals surface area contributed by atoms with E-state index in [1.54, 1.807) is 0 Å². The summed E-state index contributed by atoms with van der Waals surface area (Å²) in [5.41, 5.74) is -0.875. The van der Waals surface area contributed by atoms with Gasteiger partial charge in [0.2, 0.25) is 11.0 Å². The van der Waals surface area contributed by atoms with Crippen molar-refractivity contribution in [3.05, 3.63) is 64.4 Å². The molecule has 6 nitrogen and oxygen atoms in total. The van der Waals surface area contributed by atoms with Gasteiger partial charge in [-0.05, 0) is 42.5 Å². The van der Waals surface area contributed by atoms with E-state index in [4.69, 9.17) is 11.6 Å². The number of amides is 2. The molecule has 2 aromatic carbocycles. The van der Waals surface area contributed by atoms with Gasteiger partial charge in [-0.2, -0.15) is 13.2 Å². The first-order valence-electron chi connectivity index (χ1n) is 8.31. The van der Waals surface area contributed by atoms with Crippen LogP contribution < -0.4 is 10.6 Å². The highest BCUT2D eigenvalue weighted by Gasteiger charge is 2.31. The van der Waals surface area contributed by atoms with Gasteiger partial charge < -0.3 is 5.32 Å². The summed E-state index contributed by atoms with van der Waals surface area (Å²) in [6, 6.07) is 7.52. The highest BCUT2D eigenvalue weighted by Crippen LogP contribution is 2.34. The standard InChI is InChI=1S/C18H11ClF4N4O2S2/c19-12-6-3-10(18(21,22)23)7-13(12)24-14(28)8-30-17-27-26-16(31-17)25-15(29)9-1-4-11(20)5-2-9/h1-7H,8H2,(H,24,28)(H,25,26,29). The molecule has 0 bridgehead atoms. The number of aromatic nitrogens is 2. The lowest BCUT2D eigenvalue weighted by atomic mass is 10.2. The van der Waals surface area contributed by atoms with Gasteiger partial charge in [0.1, 0.15) is 5.82 Å². The van der Waals surface area contributed by atoms with Crippen LogP contribution in [0, 0.1) is 5.82 Å². The molecule has 0 unspecified atom stereocenters. The molecule has 13 heteroatoms. The molecular formula is C18H11ClF4N4O2S2. The number of carbonyl (C=O) groups is 2. The summed E-state index contributed by atoms with van der Waals surface area (Å²) in [5.74, 6) is -1.76. The van der Waals surface area contributed by atoms with Crippen molar-refractivity contribution in [2.24, 2.45) is 0 Å². The van der Waals surface area contributed by atoms with Gasteiger partial charge in [0.05, 0.1) is 22.0 Å². The molecule has 1 aromatic heterocycles. The minimum absolute atomic E-state index is 0.0342. The molecule has 0 aliphatic heterocycles. The summed E-state index contributed by atoms with van der Waals surface area (Å²) < 4.78 is 51.7. The molecule has 0 saturated carbocycles. The van der Waals surface area contributed by atoms with E-state index >= 15 is 0 Å². The number of nitrogens with one attached hydrogen (secondary N) is 2. The van der Waals surface area contributed by atoms with Crippen molar-refractivity contribution >= 4 is 57.3 Å². The largest absolute Gasteiger partial charge is 0.416 e. The summed E-state index contributed by atoms with van der Waals surface area (Å²) in [6.07, 6.45) is -4.57. The molecule has 2 N–H and O–H groups in total. The Morgan fingerprint density at radius 3 is 2.45 bits per heavy atom. The summed E-state index contributed by atoms with van der Waals surface area (Å²) >= 11 is 7.82. The number of anilines is 2. The van der Waals surface area contributed by atoms with E-state index in [0.717, 1.165) is 53.4 Å². The third-order valence-corrected chi connectivity index (χ3v) is 5.93. The van der Waals surface area contributed by atoms with Crippen molar-refractivity contribution in [3.63, 3.8) is 0 Å². The van der Waals surface area contributed by atoms with Crippen molar-refractivity contribution in [2.45, 2.75) is 10.5 Å². The maximum atomic E-state index is 12.9. The Labute approximate surface area is 186 Å². The smallest absolute Gasteiger partial charge is 0.324 e. The molecule has 0 spiro atoms. The number of hydrogen-bond donors (Lipinski definition) is 2. The van der Waals surface area contributed by atoms with Crippen molar-refractivity contribution in [2.75, 3.05) is 16.4 Å². The average Bonchev–Trinajstić information content (AvgIpc) is 3.15. The van der Waals surface area contributed by atoms with Crippen LogP contribution in [0.4, 0.5) is 28.4 Å². The number of alkyl halides is 3. The third kappa shape index (κ3) is 6.39. The van der Waals surface area contributed by atoms with Crippen LogP contribution in [0.2, 0.25) is 5.02 Å². The number of rotatable bonds is 6. The molecule has 1 heterocycles. The van der Waals surface area contributed by atoms with Crippen LogP contribution in [-0.4, -0.2) is 27.8 Å². The van der Waals surface area contributed by atoms with E-state index in [1.807, 2.05) is 0 Å². The molecule has 162 valence electrons. The van der Waals surface area contributed by atoms with Crippen LogP contribution in [0.25, 0.3) is 0 Å². The van der Waals surface area contributed by atoms with E-state index in [-0.39, 0.29) is 27.2 Å². The second kappa shape index (κ2) is 9.62. The van der Waals surface area contributed by atoms with Crippen LogP contribution in [0.3, 0.4) is 0 Å². The predicted molar refractivity (Wildman–Crippen MR) is 110 cm³/mol. The Bertz CT molecular complexity index is 1110. The molecule has 0 fully saturated rings. The van der Waals surface area contributed by atoms with E-state index in [9.17, 15) is 27.2 Å².